The second-order valence-electron chi connectivity index (χ2n) is 7.22. The number of nitrogens with zero attached hydrogens (tertiary/aromatic N) is 1. The van der Waals surface area contributed by atoms with Crippen molar-refractivity contribution >= 4 is 11.6 Å². The zero-order chi connectivity index (χ0) is 18.6. The van der Waals surface area contributed by atoms with Crippen molar-refractivity contribution in [3.8, 4) is 0 Å². The van der Waals surface area contributed by atoms with Gasteiger partial charge >= 0.3 is 0 Å². The van der Waals surface area contributed by atoms with Crippen molar-refractivity contribution in [3.63, 3.8) is 0 Å². The van der Waals surface area contributed by atoms with Crippen LogP contribution in [-0.2, 0) is 10.2 Å². The van der Waals surface area contributed by atoms with E-state index < -0.39 is 0 Å². The number of benzene rings is 2. The fraction of sp³-hybridized carbons (Fsp3) is 0.381. The molecule has 0 aliphatic carbocycles. The minimum atomic E-state index is -0.356. The molecule has 3 rings (SSSR count). The molecule has 1 fully saturated rings. The van der Waals surface area contributed by atoms with Crippen molar-refractivity contribution in [2.24, 2.45) is 0 Å². The predicted octanol–water partition coefficient (Wildman–Crippen LogP) is 3.37. The Bertz CT molecular complexity index is 753. The summed E-state index contributed by atoms with van der Waals surface area (Å²) in [6.07, 6.45) is 0. The summed E-state index contributed by atoms with van der Waals surface area (Å²) >= 11 is 0. The molecule has 0 unspecified atom stereocenters. The topological polar surface area (TPSA) is 41.6 Å². The van der Waals surface area contributed by atoms with Gasteiger partial charge in [-0.1, -0.05) is 26.0 Å². The molecular formula is C21H25FN2O2. The first-order valence-corrected chi connectivity index (χ1v) is 8.93. The van der Waals surface area contributed by atoms with Crippen LogP contribution in [0.15, 0.2) is 48.5 Å². The Labute approximate surface area is 154 Å². The Morgan fingerprint density at radius 1 is 1.15 bits per heavy atom. The van der Waals surface area contributed by atoms with Crippen LogP contribution in [-0.4, -0.2) is 38.8 Å². The third-order valence-electron chi connectivity index (χ3n) is 4.80. The van der Waals surface area contributed by atoms with E-state index in [-0.39, 0.29) is 17.1 Å². The molecule has 0 radical (unpaired) electrons. The van der Waals surface area contributed by atoms with E-state index in [4.69, 9.17) is 4.74 Å². The summed E-state index contributed by atoms with van der Waals surface area (Å²) in [5.41, 5.74) is 2.23. The van der Waals surface area contributed by atoms with Crippen molar-refractivity contribution in [2.75, 3.05) is 37.7 Å². The zero-order valence-corrected chi connectivity index (χ0v) is 15.3. The SMILES string of the molecule is CC(C)(CNC(=O)c1ccc(N2CCOCC2)cc1)c1cccc(F)c1. The van der Waals surface area contributed by atoms with Gasteiger partial charge in [-0.25, -0.2) is 4.39 Å². The lowest BCUT2D eigenvalue weighted by Crippen LogP contribution is -2.37. The number of hydrogen-bond acceptors (Lipinski definition) is 3. The average Bonchev–Trinajstić information content (AvgIpc) is 2.67. The lowest BCUT2D eigenvalue weighted by Gasteiger charge is -2.29. The van der Waals surface area contributed by atoms with Gasteiger partial charge < -0.3 is 15.0 Å². The van der Waals surface area contributed by atoms with Crippen LogP contribution in [0.2, 0.25) is 0 Å². The van der Waals surface area contributed by atoms with Crippen molar-refractivity contribution in [2.45, 2.75) is 19.3 Å². The molecule has 4 nitrogen and oxygen atoms in total. The maximum atomic E-state index is 13.5. The Hall–Kier alpha value is -2.40. The molecule has 2 aromatic carbocycles. The summed E-state index contributed by atoms with van der Waals surface area (Å²) in [6.45, 7) is 7.61. The van der Waals surface area contributed by atoms with Crippen LogP contribution in [0.4, 0.5) is 10.1 Å². The highest BCUT2D eigenvalue weighted by Gasteiger charge is 2.22. The molecule has 1 heterocycles. The molecule has 1 amide bonds. The molecule has 1 N–H and O–H groups in total. The first-order chi connectivity index (χ1) is 12.5. The van der Waals surface area contributed by atoms with Gasteiger partial charge in [-0.15, -0.1) is 0 Å². The van der Waals surface area contributed by atoms with Gasteiger partial charge in [0.25, 0.3) is 5.91 Å². The van der Waals surface area contributed by atoms with Gasteiger partial charge in [-0.2, -0.15) is 0 Å². The number of anilines is 1. The fourth-order valence-corrected chi connectivity index (χ4v) is 3.06. The molecule has 5 heteroatoms. The van der Waals surface area contributed by atoms with E-state index >= 15 is 0 Å². The Balaban J connectivity index is 1.60. The largest absolute Gasteiger partial charge is 0.378 e. The highest BCUT2D eigenvalue weighted by atomic mass is 19.1. The summed E-state index contributed by atoms with van der Waals surface area (Å²) in [7, 11) is 0. The van der Waals surface area contributed by atoms with Crippen LogP contribution in [0.25, 0.3) is 0 Å². The van der Waals surface area contributed by atoms with Gasteiger partial charge in [0, 0.05) is 36.3 Å². The number of hydrogen-bond donors (Lipinski definition) is 1. The van der Waals surface area contributed by atoms with Gasteiger partial charge in [-0.3, -0.25) is 4.79 Å². The molecule has 0 aromatic heterocycles. The summed E-state index contributed by atoms with van der Waals surface area (Å²) in [4.78, 5) is 14.7. The van der Waals surface area contributed by atoms with Crippen LogP contribution >= 0.6 is 0 Å². The van der Waals surface area contributed by atoms with E-state index in [1.54, 1.807) is 6.07 Å². The first-order valence-electron chi connectivity index (χ1n) is 8.93. The normalized spacial score (nSPS) is 15.0. The van der Waals surface area contributed by atoms with E-state index in [1.165, 1.54) is 12.1 Å². The van der Waals surface area contributed by atoms with Crippen molar-refractivity contribution in [3.05, 3.63) is 65.5 Å². The Morgan fingerprint density at radius 3 is 2.50 bits per heavy atom. The van der Waals surface area contributed by atoms with Gasteiger partial charge in [0.15, 0.2) is 0 Å². The quantitative estimate of drug-likeness (QED) is 0.893. The molecular weight excluding hydrogens is 331 g/mol. The smallest absolute Gasteiger partial charge is 0.251 e. The Kier molecular flexibility index (Phi) is 5.57. The van der Waals surface area contributed by atoms with Crippen molar-refractivity contribution < 1.29 is 13.9 Å². The van der Waals surface area contributed by atoms with Gasteiger partial charge in [-0.05, 0) is 42.0 Å². The fourth-order valence-electron chi connectivity index (χ4n) is 3.06. The summed E-state index contributed by atoms with van der Waals surface area (Å²) < 4.78 is 18.8. The molecule has 1 saturated heterocycles. The first kappa shape index (κ1) is 18.4. The minimum Gasteiger partial charge on any atom is -0.378 e. The van der Waals surface area contributed by atoms with Gasteiger partial charge in [0.05, 0.1) is 13.2 Å². The van der Waals surface area contributed by atoms with Crippen molar-refractivity contribution in [1.82, 2.24) is 5.32 Å². The molecule has 0 bridgehead atoms. The number of halogens is 1. The maximum absolute atomic E-state index is 13.5. The van der Waals surface area contributed by atoms with E-state index in [0.717, 1.165) is 37.6 Å². The molecule has 0 spiro atoms. The molecule has 1 aliphatic rings. The van der Waals surface area contributed by atoms with E-state index in [9.17, 15) is 9.18 Å². The zero-order valence-electron chi connectivity index (χ0n) is 15.3. The number of amides is 1. The third kappa shape index (κ3) is 4.41. The molecule has 1 aliphatic heterocycles. The molecule has 26 heavy (non-hydrogen) atoms. The van der Waals surface area contributed by atoms with E-state index in [1.807, 2.05) is 44.2 Å². The summed E-state index contributed by atoms with van der Waals surface area (Å²) in [5.74, 6) is -0.386. The van der Waals surface area contributed by atoms with Crippen molar-refractivity contribution in [1.29, 1.82) is 0 Å². The standard InChI is InChI=1S/C21H25FN2O2/c1-21(2,17-4-3-5-18(22)14-17)15-23-20(25)16-6-8-19(9-7-16)24-10-12-26-13-11-24/h3-9,14H,10-13,15H2,1-2H3,(H,23,25). The average molecular weight is 356 g/mol. The number of nitrogens with one attached hydrogen (secondary N) is 1. The number of carbonyl (C=O) groups is 1. The molecule has 0 saturated carbocycles. The van der Waals surface area contributed by atoms with Crippen LogP contribution in [0, 0.1) is 5.82 Å². The second-order valence-corrected chi connectivity index (χ2v) is 7.22. The number of rotatable bonds is 5. The number of carbonyl (C=O) groups excluding carboxylic acids is 1. The minimum absolute atomic E-state index is 0.122. The highest BCUT2D eigenvalue weighted by Crippen LogP contribution is 2.23. The second kappa shape index (κ2) is 7.87. The molecule has 2 aromatic rings. The lowest BCUT2D eigenvalue weighted by atomic mass is 9.84. The van der Waals surface area contributed by atoms with Gasteiger partial charge in [0.2, 0.25) is 0 Å². The van der Waals surface area contributed by atoms with E-state index in [0.29, 0.717) is 12.1 Å². The van der Waals surface area contributed by atoms with Crippen LogP contribution in [0.3, 0.4) is 0 Å². The number of morpholine rings is 1. The molecule has 138 valence electrons. The summed E-state index contributed by atoms with van der Waals surface area (Å²) in [6, 6.07) is 14.1. The van der Waals surface area contributed by atoms with Crippen LogP contribution in [0.5, 0.6) is 0 Å². The van der Waals surface area contributed by atoms with Gasteiger partial charge in [0.1, 0.15) is 5.82 Å². The van der Waals surface area contributed by atoms with Crippen LogP contribution < -0.4 is 10.2 Å². The third-order valence-corrected chi connectivity index (χ3v) is 4.80. The number of ether oxygens (including phenoxy) is 1. The monoisotopic (exact) mass is 356 g/mol. The predicted molar refractivity (Wildman–Crippen MR) is 101 cm³/mol. The maximum Gasteiger partial charge on any atom is 0.251 e. The molecule has 0 atom stereocenters. The lowest BCUT2D eigenvalue weighted by molar-refractivity contribution is 0.0945. The summed E-state index contributed by atoms with van der Waals surface area (Å²) in [5, 5.41) is 2.96. The van der Waals surface area contributed by atoms with Crippen LogP contribution in [0.1, 0.15) is 29.8 Å². The Morgan fingerprint density at radius 2 is 1.85 bits per heavy atom. The van der Waals surface area contributed by atoms with E-state index in [2.05, 4.69) is 10.2 Å². The highest BCUT2D eigenvalue weighted by molar-refractivity contribution is 5.94.